The number of carbonyl (C=O) groups excluding carboxylic acids is 1. The van der Waals surface area contributed by atoms with Gasteiger partial charge >= 0.3 is 0 Å². The number of ether oxygens (including phenoxy) is 1. The molecule has 0 spiro atoms. The third-order valence-corrected chi connectivity index (χ3v) is 9.25. The van der Waals surface area contributed by atoms with Crippen LogP contribution >= 0.6 is 0 Å². The molecular weight excluding hydrogens is 504 g/mol. The fourth-order valence-corrected chi connectivity index (χ4v) is 6.89. The molecule has 3 saturated heterocycles. The summed E-state index contributed by atoms with van der Waals surface area (Å²) in [5.41, 5.74) is 3.03. The maximum Gasteiger partial charge on any atom is 0.266 e. The minimum Gasteiger partial charge on any atom is -0.378 e. The third kappa shape index (κ3) is 4.36. The number of fused-ring (bicyclic) bond motifs is 1. The maximum atomic E-state index is 14.1. The Morgan fingerprint density at radius 2 is 1.92 bits per heavy atom. The molecule has 196 valence electrons. The van der Waals surface area contributed by atoms with E-state index >= 15 is 0 Å². The first-order valence-corrected chi connectivity index (χ1v) is 13.8. The molecule has 1 aromatic carbocycles. The lowest BCUT2D eigenvalue weighted by Gasteiger charge is -2.41. The van der Waals surface area contributed by atoms with Crippen LogP contribution in [0.5, 0.6) is 0 Å². The van der Waals surface area contributed by atoms with Gasteiger partial charge in [0.1, 0.15) is 6.04 Å². The largest absolute Gasteiger partial charge is 0.378 e. The van der Waals surface area contributed by atoms with E-state index in [0.717, 1.165) is 5.52 Å². The van der Waals surface area contributed by atoms with Crippen LogP contribution in [-0.2, 0) is 19.6 Å². The summed E-state index contributed by atoms with van der Waals surface area (Å²) in [6.45, 7) is 1.72. The highest BCUT2D eigenvalue weighted by atomic mass is 32.2. The number of hydrogen-bond acceptors (Lipinski definition) is 6. The van der Waals surface area contributed by atoms with Gasteiger partial charge in [-0.25, -0.2) is 17.2 Å². The van der Waals surface area contributed by atoms with E-state index in [2.05, 4.69) is 9.97 Å². The van der Waals surface area contributed by atoms with Crippen molar-refractivity contribution in [2.45, 2.75) is 29.7 Å². The van der Waals surface area contributed by atoms with Gasteiger partial charge in [-0.2, -0.15) is 4.31 Å². The predicted molar refractivity (Wildman–Crippen MR) is 133 cm³/mol. The van der Waals surface area contributed by atoms with Crippen LogP contribution in [0.2, 0.25) is 0 Å². The van der Waals surface area contributed by atoms with Gasteiger partial charge in [0.25, 0.3) is 5.92 Å². The van der Waals surface area contributed by atoms with Crippen molar-refractivity contribution >= 4 is 32.7 Å². The molecule has 6 rings (SSSR count). The van der Waals surface area contributed by atoms with Gasteiger partial charge in [0.15, 0.2) is 0 Å². The second-order valence-corrected chi connectivity index (χ2v) is 11.6. The summed E-state index contributed by atoms with van der Waals surface area (Å²) >= 11 is 0. The third-order valence-electron chi connectivity index (χ3n) is 7.34. The van der Waals surface area contributed by atoms with Crippen LogP contribution in [0.4, 0.5) is 14.5 Å². The molecule has 0 saturated carbocycles. The molecule has 0 bridgehead atoms. The summed E-state index contributed by atoms with van der Waals surface area (Å²) in [6, 6.07) is 9.20. The first kappa shape index (κ1) is 24.3. The Labute approximate surface area is 213 Å². The molecule has 5 heterocycles. The number of H-pyrrole nitrogens is 1. The van der Waals surface area contributed by atoms with E-state index in [1.54, 1.807) is 34.2 Å². The van der Waals surface area contributed by atoms with Crippen LogP contribution in [0.3, 0.4) is 0 Å². The minimum absolute atomic E-state index is 0.0169. The average molecular weight is 532 g/mol. The van der Waals surface area contributed by atoms with Crippen molar-refractivity contribution in [1.82, 2.24) is 19.2 Å². The quantitative estimate of drug-likeness (QED) is 0.544. The van der Waals surface area contributed by atoms with Gasteiger partial charge in [0.05, 0.1) is 41.4 Å². The van der Waals surface area contributed by atoms with E-state index in [9.17, 15) is 22.0 Å². The van der Waals surface area contributed by atoms with Gasteiger partial charge in [-0.3, -0.25) is 9.78 Å². The molecule has 37 heavy (non-hydrogen) atoms. The van der Waals surface area contributed by atoms with Gasteiger partial charge < -0.3 is 19.5 Å². The van der Waals surface area contributed by atoms with Crippen LogP contribution in [-0.4, -0.2) is 91.4 Å². The molecular formula is C25H27F2N5O4S. The first-order chi connectivity index (χ1) is 17.7. The number of carbonyl (C=O) groups is 1. The van der Waals surface area contributed by atoms with Crippen LogP contribution in [0.1, 0.15) is 12.8 Å². The van der Waals surface area contributed by atoms with Crippen LogP contribution in [0.25, 0.3) is 22.3 Å². The number of halogens is 2. The van der Waals surface area contributed by atoms with E-state index < -0.39 is 28.5 Å². The standard InChI is InChI=1S/C25H27F2N5O4S/c26-25(27)6-9-31(16-25)22-4-3-17(14-18(22)20-15-21-19(29-20)2-1-7-28-21)37(34,35)32-8-5-23(32)24(33)30-10-12-36-13-11-30/h1-4,7,14-15,23,29H,5-6,8-13,16H2/t23-/m0/s1. The van der Waals surface area contributed by atoms with E-state index in [1.165, 1.54) is 16.4 Å². The Balaban J connectivity index is 1.37. The van der Waals surface area contributed by atoms with Crippen molar-refractivity contribution in [3.8, 4) is 11.3 Å². The molecule has 3 aromatic rings. The number of amides is 1. The normalized spacial score (nSPS) is 22.4. The number of alkyl halides is 2. The van der Waals surface area contributed by atoms with Crippen LogP contribution in [0, 0.1) is 0 Å². The number of rotatable bonds is 5. The molecule has 0 radical (unpaired) electrons. The minimum atomic E-state index is -4.00. The molecule has 9 nitrogen and oxygen atoms in total. The number of nitrogens with one attached hydrogen (secondary N) is 1. The summed E-state index contributed by atoms with van der Waals surface area (Å²) < 4.78 is 62.0. The van der Waals surface area contributed by atoms with Gasteiger partial charge in [-0.05, 0) is 42.8 Å². The molecule has 3 aliphatic heterocycles. The zero-order chi connectivity index (χ0) is 25.8. The molecule has 1 amide bonds. The second-order valence-electron chi connectivity index (χ2n) is 9.68. The number of pyridine rings is 1. The van der Waals surface area contributed by atoms with Crippen molar-refractivity contribution < 1.29 is 26.7 Å². The highest BCUT2D eigenvalue weighted by Crippen LogP contribution is 2.40. The van der Waals surface area contributed by atoms with E-state index in [4.69, 9.17) is 4.74 Å². The number of aromatic nitrogens is 2. The summed E-state index contributed by atoms with van der Waals surface area (Å²) in [7, 11) is -4.00. The lowest BCUT2D eigenvalue weighted by Crippen LogP contribution is -2.60. The number of anilines is 1. The van der Waals surface area contributed by atoms with Crippen LogP contribution < -0.4 is 4.90 Å². The monoisotopic (exact) mass is 531 g/mol. The molecule has 2 aromatic heterocycles. The maximum absolute atomic E-state index is 14.1. The summed E-state index contributed by atoms with van der Waals surface area (Å²) in [5.74, 6) is -3.02. The number of aromatic amines is 1. The van der Waals surface area contributed by atoms with Gasteiger partial charge in [0.2, 0.25) is 15.9 Å². The zero-order valence-electron chi connectivity index (χ0n) is 20.1. The van der Waals surface area contributed by atoms with Crippen molar-refractivity contribution in [3.05, 3.63) is 42.6 Å². The Morgan fingerprint density at radius 1 is 1.11 bits per heavy atom. The van der Waals surface area contributed by atoms with Gasteiger partial charge in [-0.1, -0.05) is 0 Å². The fraction of sp³-hybridized carbons (Fsp3) is 0.440. The van der Waals surface area contributed by atoms with Crippen molar-refractivity contribution in [3.63, 3.8) is 0 Å². The number of benzene rings is 1. The summed E-state index contributed by atoms with van der Waals surface area (Å²) in [4.78, 5) is 23.8. The lowest BCUT2D eigenvalue weighted by atomic mass is 10.1. The predicted octanol–water partition coefficient (Wildman–Crippen LogP) is 2.70. The Kier molecular flexibility index (Phi) is 5.92. The molecule has 3 aliphatic rings. The highest BCUT2D eigenvalue weighted by Gasteiger charge is 2.45. The lowest BCUT2D eigenvalue weighted by molar-refractivity contribution is -0.142. The van der Waals surface area contributed by atoms with Gasteiger partial charge in [-0.15, -0.1) is 0 Å². The number of nitrogens with zero attached hydrogens (tertiary/aromatic N) is 4. The Morgan fingerprint density at radius 3 is 2.59 bits per heavy atom. The zero-order valence-corrected chi connectivity index (χ0v) is 20.9. The van der Waals surface area contributed by atoms with Crippen molar-refractivity contribution in [2.75, 3.05) is 50.8 Å². The molecule has 0 unspecified atom stereocenters. The van der Waals surface area contributed by atoms with E-state index in [0.29, 0.717) is 55.2 Å². The molecule has 1 atom stereocenters. The Hall–Kier alpha value is -3.09. The Bertz CT molecular complexity index is 1420. The molecule has 12 heteroatoms. The highest BCUT2D eigenvalue weighted by molar-refractivity contribution is 7.89. The second kappa shape index (κ2) is 9.03. The van der Waals surface area contributed by atoms with E-state index in [-0.39, 0.29) is 30.3 Å². The van der Waals surface area contributed by atoms with Crippen molar-refractivity contribution in [1.29, 1.82) is 0 Å². The number of sulfonamides is 1. The fourth-order valence-electron chi connectivity index (χ4n) is 5.24. The SMILES string of the molecule is O=C([C@@H]1CCN1S(=O)(=O)c1ccc(N2CCC(F)(F)C2)c(-c2cc3ncccc3[nH]2)c1)N1CCOCC1. The molecule has 3 fully saturated rings. The molecule has 0 aliphatic carbocycles. The topological polar surface area (TPSA) is 98.8 Å². The number of hydrogen-bond donors (Lipinski definition) is 1. The number of morpholine rings is 1. The molecule has 1 N–H and O–H groups in total. The smallest absolute Gasteiger partial charge is 0.266 e. The van der Waals surface area contributed by atoms with E-state index in [1.807, 2.05) is 6.07 Å². The summed E-state index contributed by atoms with van der Waals surface area (Å²) in [6.07, 6.45) is 1.84. The summed E-state index contributed by atoms with van der Waals surface area (Å²) in [5, 5.41) is 0. The van der Waals surface area contributed by atoms with Crippen molar-refractivity contribution in [2.24, 2.45) is 0 Å². The first-order valence-electron chi connectivity index (χ1n) is 12.3. The van der Waals surface area contributed by atoms with Crippen LogP contribution in [0.15, 0.2) is 47.5 Å². The average Bonchev–Trinajstić information content (AvgIpc) is 3.46. The van der Waals surface area contributed by atoms with Gasteiger partial charge in [0, 0.05) is 50.0 Å².